The van der Waals surface area contributed by atoms with Crippen molar-refractivity contribution < 1.29 is 9.53 Å². The lowest BCUT2D eigenvalue weighted by Crippen LogP contribution is -2.44. The second-order valence-electron chi connectivity index (χ2n) is 7.05. The molecule has 128 valence electrons. The molecule has 2 heterocycles. The maximum absolute atomic E-state index is 12.2. The minimum atomic E-state index is 0.191. The molecule has 0 radical (unpaired) electrons. The fourth-order valence-corrected chi connectivity index (χ4v) is 3.98. The molecule has 1 aliphatic carbocycles. The average Bonchev–Trinajstić information content (AvgIpc) is 2.93. The Labute approximate surface area is 138 Å². The van der Waals surface area contributed by atoms with Gasteiger partial charge in [0, 0.05) is 57.1 Å². The lowest BCUT2D eigenvalue weighted by molar-refractivity contribution is -0.128. The van der Waals surface area contributed by atoms with Gasteiger partial charge in [-0.15, -0.1) is 0 Å². The number of nitrogens with one attached hydrogen (secondary N) is 1. The average molecular weight is 320 g/mol. The number of nitriles is 1. The highest BCUT2D eigenvalue weighted by atomic mass is 16.5. The van der Waals surface area contributed by atoms with Crippen LogP contribution in [0.2, 0.25) is 0 Å². The van der Waals surface area contributed by atoms with Crippen LogP contribution in [0.15, 0.2) is 0 Å². The molecule has 2 saturated heterocycles. The van der Waals surface area contributed by atoms with E-state index >= 15 is 0 Å². The van der Waals surface area contributed by atoms with Crippen LogP contribution in [0.4, 0.5) is 0 Å². The van der Waals surface area contributed by atoms with E-state index in [1.165, 1.54) is 0 Å². The molecular formula is C17H28N4O2. The number of likely N-dealkylation sites (tertiary alicyclic amines) is 1. The van der Waals surface area contributed by atoms with E-state index in [0.29, 0.717) is 12.5 Å². The van der Waals surface area contributed by atoms with Gasteiger partial charge in [0.25, 0.3) is 0 Å². The summed E-state index contributed by atoms with van der Waals surface area (Å²) in [4.78, 5) is 16.6. The Balaban J connectivity index is 1.41. The first-order chi connectivity index (χ1) is 11.2. The molecule has 0 aromatic heterocycles. The van der Waals surface area contributed by atoms with Crippen molar-refractivity contribution in [1.29, 1.82) is 5.26 Å². The van der Waals surface area contributed by atoms with Crippen molar-refractivity contribution in [2.24, 2.45) is 5.92 Å². The molecule has 3 atom stereocenters. The van der Waals surface area contributed by atoms with Gasteiger partial charge >= 0.3 is 0 Å². The van der Waals surface area contributed by atoms with Crippen LogP contribution in [0.5, 0.6) is 0 Å². The van der Waals surface area contributed by atoms with E-state index in [9.17, 15) is 4.79 Å². The van der Waals surface area contributed by atoms with Crippen molar-refractivity contribution >= 4 is 5.91 Å². The minimum absolute atomic E-state index is 0.191. The smallest absolute Gasteiger partial charge is 0.224 e. The summed E-state index contributed by atoms with van der Waals surface area (Å²) >= 11 is 0. The quantitative estimate of drug-likeness (QED) is 0.803. The predicted molar refractivity (Wildman–Crippen MR) is 86.7 cm³/mol. The SMILES string of the molecule is N#C[C@@H]1CCC[C@H](N[C@@H]2CC(=O)N(CCN3CCOCC3)C2)C1. The van der Waals surface area contributed by atoms with Gasteiger partial charge in [-0.05, 0) is 19.3 Å². The highest BCUT2D eigenvalue weighted by Crippen LogP contribution is 2.25. The Kier molecular flexibility index (Phi) is 5.87. The van der Waals surface area contributed by atoms with Crippen LogP contribution in [0.25, 0.3) is 0 Å². The number of morpholine rings is 1. The van der Waals surface area contributed by atoms with E-state index in [1.54, 1.807) is 0 Å². The normalized spacial score (nSPS) is 32.9. The summed E-state index contributed by atoms with van der Waals surface area (Å²) in [6.45, 7) is 6.14. The standard InChI is InChI=1S/C17H28N4O2/c18-12-14-2-1-3-15(10-14)19-16-11-17(22)21(13-16)5-4-20-6-8-23-9-7-20/h14-16,19H,1-11,13H2/t14-,15+,16-/m1/s1. The molecule has 0 spiro atoms. The lowest BCUT2D eigenvalue weighted by Gasteiger charge is -2.30. The van der Waals surface area contributed by atoms with Crippen LogP contribution in [0, 0.1) is 17.2 Å². The second-order valence-corrected chi connectivity index (χ2v) is 7.05. The second kappa shape index (κ2) is 8.09. The third-order valence-corrected chi connectivity index (χ3v) is 5.33. The van der Waals surface area contributed by atoms with Gasteiger partial charge in [-0.25, -0.2) is 0 Å². The van der Waals surface area contributed by atoms with E-state index < -0.39 is 0 Å². The summed E-state index contributed by atoms with van der Waals surface area (Å²) in [5, 5.41) is 12.7. The summed E-state index contributed by atoms with van der Waals surface area (Å²) in [6, 6.07) is 3.07. The highest BCUT2D eigenvalue weighted by molar-refractivity contribution is 5.79. The monoisotopic (exact) mass is 320 g/mol. The minimum Gasteiger partial charge on any atom is -0.379 e. The molecule has 23 heavy (non-hydrogen) atoms. The Morgan fingerprint density at radius 1 is 1.22 bits per heavy atom. The van der Waals surface area contributed by atoms with Gasteiger partial charge in [-0.1, -0.05) is 6.42 Å². The first-order valence-corrected chi connectivity index (χ1v) is 8.98. The summed E-state index contributed by atoms with van der Waals surface area (Å²) in [5.74, 6) is 0.458. The van der Waals surface area contributed by atoms with E-state index in [1.807, 2.05) is 4.90 Å². The fourth-order valence-electron chi connectivity index (χ4n) is 3.98. The summed E-state index contributed by atoms with van der Waals surface area (Å²) in [7, 11) is 0. The van der Waals surface area contributed by atoms with Gasteiger partial charge in [0.2, 0.25) is 5.91 Å². The van der Waals surface area contributed by atoms with Crippen LogP contribution < -0.4 is 5.32 Å². The lowest BCUT2D eigenvalue weighted by atomic mass is 9.86. The zero-order chi connectivity index (χ0) is 16.1. The topological polar surface area (TPSA) is 68.6 Å². The van der Waals surface area contributed by atoms with Gasteiger partial charge in [-0.3, -0.25) is 9.69 Å². The molecule has 2 aliphatic heterocycles. The zero-order valence-corrected chi connectivity index (χ0v) is 13.9. The fraction of sp³-hybridized carbons (Fsp3) is 0.882. The van der Waals surface area contributed by atoms with Crippen molar-refractivity contribution in [3.05, 3.63) is 0 Å². The van der Waals surface area contributed by atoms with E-state index in [-0.39, 0.29) is 17.9 Å². The number of carbonyl (C=O) groups is 1. The highest BCUT2D eigenvalue weighted by Gasteiger charge is 2.32. The van der Waals surface area contributed by atoms with Crippen LogP contribution in [-0.4, -0.2) is 73.7 Å². The summed E-state index contributed by atoms with van der Waals surface area (Å²) in [5.41, 5.74) is 0. The third kappa shape index (κ3) is 4.66. The number of hydrogen-bond donors (Lipinski definition) is 1. The van der Waals surface area contributed by atoms with E-state index in [0.717, 1.165) is 71.6 Å². The molecule has 0 bridgehead atoms. The van der Waals surface area contributed by atoms with Gasteiger partial charge in [0.1, 0.15) is 0 Å². The van der Waals surface area contributed by atoms with Crippen LogP contribution in [0.1, 0.15) is 32.1 Å². The number of carbonyl (C=O) groups excluding carboxylic acids is 1. The number of nitrogens with zero attached hydrogens (tertiary/aromatic N) is 3. The molecule has 3 fully saturated rings. The molecule has 0 aromatic rings. The molecule has 0 aromatic carbocycles. The van der Waals surface area contributed by atoms with Gasteiger partial charge < -0.3 is 15.0 Å². The molecule has 6 heteroatoms. The van der Waals surface area contributed by atoms with E-state index in [4.69, 9.17) is 10.00 Å². The first kappa shape index (κ1) is 16.7. The van der Waals surface area contributed by atoms with Crippen LogP contribution >= 0.6 is 0 Å². The van der Waals surface area contributed by atoms with Gasteiger partial charge in [0.15, 0.2) is 0 Å². The molecule has 0 unspecified atom stereocenters. The van der Waals surface area contributed by atoms with Gasteiger partial charge in [0.05, 0.1) is 19.3 Å². The Morgan fingerprint density at radius 2 is 2.04 bits per heavy atom. The number of rotatable bonds is 5. The number of amides is 1. The van der Waals surface area contributed by atoms with Crippen LogP contribution in [-0.2, 0) is 9.53 Å². The summed E-state index contributed by atoms with van der Waals surface area (Å²) in [6.07, 6.45) is 4.84. The largest absolute Gasteiger partial charge is 0.379 e. The number of hydrogen-bond acceptors (Lipinski definition) is 5. The Hall–Kier alpha value is -1.16. The summed E-state index contributed by atoms with van der Waals surface area (Å²) < 4.78 is 5.36. The Morgan fingerprint density at radius 3 is 2.83 bits per heavy atom. The first-order valence-electron chi connectivity index (χ1n) is 8.98. The van der Waals surface area contributed by atoms with Crippen LogP contribution in [0.3, 0.4) is 0 Å². The molecule has 6 nitrogen and oxygen atoms in total. The maximum atomic E-state index is 12.2. The van der Waals surface area contributed by atoms with Crippen molar-refractivity contribution in [1.82, 2.24) is 15.1 Å². The maximum Gasteiger partial charge on any atom is 0.224 e. The van der Waals surface area contributed by atoms with Crippen molar-refractivity contribution in [2.75, 3.05) is 45.9 Å². The zero-order valence-electron chi connectivity index (χ0n) is 13.9. The van der Waals surface area contributed by atoms with Gasteiger partial charge in [-0.2, -0.15) is 5.26 Å². The molecule has 3 aliphatic rings. The third-order valence-electron chi connectivity index (χ3n) is 5.33. The van der Waals surface area contributed by atoms with Crippen molar-refractivity contribution in [3.63, 3.8) is 0 Å². The molecule has 1 saturated carbocycles. The molecule has 3 rings (SSSR count). The van der Waals surface area contributed by atoms with Crippen molar-refractivity contribution in [3.8, 4) is 6.07 Å². The van der Waals surface area contributed by atoms with E-state index in [2.05, 4.69) is 16.3 Å². The number of ether oxygens (including phenoxy) is 1. The molecular weight excluding hydrogens is 292 g/mol. The molecule has 1 N–H and O–H groups in total. The Bertz CT molecular complexity index is 444. The molecule has 1 amide bonds. The van der Waals surface area contributed by atoms with Crippen molar-refractivity contribution in [2.45, 2.75) is 44.2 Å². The predicted octanol–water partition coefficient (Wildman–Crippen LogP) is 0.591.